The number of nitrogens with one attached hydrogen (secondary N) is 2. The number of rotatable bonds is 11. The number of halogens is 1. The number of methoxy groups -OCH3 is 1. The van der Waals surface area contributed by atoms with Crippen LogP contribution in [0.5, 0.6) is 5.75 Å². The van der Waals surface area contributed by atoms with Gasteiger partial charge < -0.3 is 20.3 Å². The molecule has 5 rings (SSSR count). The van der Waals surface area contributed by atoms with Crippen molar-refractivity contribution in [2.24, 2.45) is 29.1 Å². The number of carbonyl (C=O) groups excluding carboxylic acids is 2. The zero-order valence-electron chi connectivity index (χ0n) is 20.7. The molecule has 0 radical (unpaired) electrons. The zero-order chi connectivity index (χ0) is 24.4. The second-order valence-corrected chi connectivity index (χ2v) is 11.6. The van der Waals surface area contributed by atoms with Gasteiger partial charge in [0, 0.05) is 13.1 Å². The minimum absolute atomic E-state index is 0.0369. The highest BCUT2D eigenvalue weighted by Crippen LogP contribution is 2.72. The summed E-state index contributed by atoms with van der Waals surface area (Å²) < 4.78 is 6.21. The largest absolute Gasteiger partial charge is 0.496 e. The monoisotopic (exact) mass is 543 g/mol. The molecule has 1 spiro atoms. The van der Waals surface area contributed by atoms with Gasteiger partial charge in [0.25, 0.3) is 0 Å². The predicted molar refractivity (Wildman–Crippen MR) is 140 cm³/mol. The van der Waals surface area contributed by atoms with Crippen LogP contribution in [-0.2, 0) is 16.0 Å². The lowest BCUT2D eigenvalue weighted by molar-refractivity contribution is -0.135. The fraction of sp³-hybridized carbons (Fsp3) is 0.643. The molecule has 0 aromatic heterocycles. The van der Waals surface area contributed by atoms with E-state index in [4.69, 9.17) is 4.74 Å². The van der Waals surface area contributed by atoms with Crippen LogP contribution in [0, 0.1) is 29.1 Å². The number of allylic oxidation sites excluding steroid dienone is 2. The first-order valence-corrected chi connectivity index (χ1v) is 14.1. The Morgan fingerprint density at radius 3 is 2.29 bits per heavy atom. The van der Waals surface area contributed by atoms with Crippen LogP contribution >= 0.6 is 15.9 Å². The third-order valence-corrected chi connectivity index (χ3v) is 9.39. The fourth-order valence-electron chi connectivity index (χ4n) is 6.82. The van der Waals surface area contributed by atoms with Gasteiger partial charge in [0.1, 0.15) is 5.75 Å². The summed E-state index contributed by atoms with van der Waals surface area (Å²) in [5.74, 6) is 0.842. The molecule has 2 amide bonds. The zero-order valence-corrected chi connectivity index (χ0v) is 22.3. The number of unbranched alkanes of at least 4 members (excludes halogenated alkanes) is 1. The number of ether oxygens (including phenoxy) is 1. The van der Waals surface area contributed by atoms with E-state index in [-0.39, 0.29) is 40.9 Å². The van der Waals surface area contributed by atoms with Crippen LogP contribution in [0.3, 0.4) is 0 Å². The van der Waals surface area contributed by atoms with Crippen molar-refractivity contribution in [2.75, 3.05) is 39.8 Å². The van der Waals surface area contributed by atoms with E-state index in [1.54, 1.807) is 7.11 Å². The third kappa shape index (κ3) is 5.04. The standard InChI is InChI=1S/C28H38BrN3O3/c1-35-23-9-6-19(18-22(23)29)10-14-31-27(34)25-21-8-7-20(28(21)11-12-28)24(25)26(33)30-13-2-3-15-32-16-4-5-17-32/h6-9,18,20-21,24-25H,2-5,10-17H2,1H3,(H,30,33)(H,31,34)/t20-,21-,24-,25-/m1/s1. The van der Waals surface area contributed by atoms with Crippen LogP contribution in [0.4, 0.5) is 0 Å². The fourth-order valence-corrected chi connectivity index (χ4v) is 7.41. The van der Waals surface area contributed by atoms with E-state index in [9.17, 15) is 9.59 Å². The van der Waals surface area contributed by atoms with Gasteiger partial charge in [-0.15, -0.1) is 0 Å². The van der Waals surface area contributed by atoms with Crippen molar-refractivity contribution in [3.8, 4) is 5.75 Å². The lowest BCUT2D eigenvalue weighted by Crippen LogP contribution is -2.44. The van der Waals surface area contributed by atoms with Crippen LogP contribution in [0.25, 0.3) is 0 Å². The molecule has 7 heteroatoms. The predicted octanol–water partition coefficient (Wildman–Crippen LogP) is 3.94. The van der Waals surface area contributed by atoms with E-state index in [1.807, 2.05) is 18.2 Å². The Kier molecular flexibility index (Phi) is 7.54. The summed E-state index contributed by atoms with van der Waals surface area (Å²) in [5.41, 5.74) is 1.30. The molecule has 3 aliphatic carbocycles. The molecule has 1 saturated heterocycles. The molecular weight excluding hydrogens is 506 g/mol. The molecule has 3 fully saturated rings. The molecule has 1 heterocycles. The average Bonchev–Trinajstić information content (AvgIpc) is 3.21. The Labute approximate surface area is 217 Å². The summed E-state index contributed by atoms with van der Waals surface area (Å²) >= 11 is 3.53. The van der Waals surface area contributed by atoms with Crippen molar-refractivity contribution >= 4 is 27.7 Å². The molecule has 2 saturated carbocycles. The Hall–Kier alpha value is -1.86. The molecule has 4 aliphatic rings. The maximum absolute atomic E-state index is 13.4. The maximum atomic E-state index is 13.4. The van der Waals surface area contributed by atoms with Gasteiger partial charge >= 0.3 is 0 Å². The summed E-state index contributed by atoms with van der Waals surface area (Å²) in [6.07, 6.45) is 12.2. The van der Waals surface area contributed by atoms with E-state index < -0.39 is 0 Å². The van der Waals surface area contributed by atoms with E-state index in [0.29, 0.717) is 13.1 Å². The molecule has 190 valence electrons. The van der Waals surface area contributed by atoms with Crippen molar-refractivity contribution < 1.29 is 14.3 Å². The van der Waals surface area contributed by atoms with Gasteiger partial charge in [-0.3, -0.25) is 9.59 Å². The highest BCUT2D eigenvalue weighted by atomic mass is 79.9. The Morgan fingerprint density at radius 1 is 1.03 bits per heavy atom. The van der Waals surface area contributed by atoms with Crippen LogP contribution in [0.15, 0.2) is 34.8 Å². The smallest absolute Gasteiger partial charge is 0.224 e. The molecule has 4 atom stereocenters. The van der Waals surface area contributed by atoms with Gasteiger partial charge in [0.05, 0.1) is 23.4 Å². The van der Waals surface area contributed by atoms with Gasteiger partial charge in [0.15, 0.2) is 0 Å². The number of likely N-dealkylation sites (tertiary alicyclic amines) is 1. The SMILES string of the molecule is COc1ccc(CCNC(=O)[C@H]2[C@H](C(=O)NCCCCN3CCCC3)[C@H]3C=C[C@H]2C32CC2)cc1Br. The van der Waals surface area contributed by atoms with Crippen LogP contribution in [0.1, 0.15) is 44.1 Å². The summed E-state index contributed by atoms with van der Waals surface area (Å²) in [6, 6.07) is 5.99. The number of hydrogen-bond donors (Lipinski definition) is 2. The van der Waals surface area contributed by atoms with E-state index in [1.165, 1.54) is 25.9 Å². The van der Waals surface area contributed by atoms with Gasteiger partial charge in [-0.1, -0.05) is 18.2 Å². The van der Waals surface area contributed by atoms with Crippen molar-refractivity contribution in [1.29, 1.82) is 0 Å². The highest BCUT2D eigenvalue weighted by Gasteiger charge is 2.69. The van der Waals surface area contributed by atoms with Crippen molar-refractivity contribution in [1.82, 2.24) is 15.5 Å². The quantitative estimate of drug-likeness (QED) is 0.327. The number of carbonyl (C=O) groups is 2. The number of amides is 2. The first-order valence-electron chi connectivity index (χ1n) is 13.3. The number of benzene rings is 1. The summed E-state index contributed by atoms with van der Waals surface area (Å²) in [7, 11) is 1.65. The minimum Gasteiger partial charge on any atom is -0.496 e. The second-order valence-electron chi connectivity index (χ2n) is 10.8. The summed E-state index contributed by atoms with van der Waals surface area (Å²) in [5, 5.41) is 6.35. The van der Waals surface area contributed by atoms with E-state index in [0.717, 1.165) is 54.4 Å². The lowest BCUT2D eigenvalue weighted by Gasteiger charge is -2.26. The first-order chi connectivity index (χ1) is 17.0. The molecular formula is C28H38BrN3O3. The Morgan fingerprint density at radius 2 is 1.69 bits per heavy atom. The molecule has 2 bridgehead atoms. The molecule has 6 nitrogen and oxygen atoms in total. The first kappa shape index (κ1) is 24.8. The third-order valence-electron chi connectivity index (χ3n) is 8.78. The molecule has 0 unspecified atom stereocenters. The topological polar surface area (TPSA) is 70.7 Å². The number of hydrogen-bond acceptors (Lipinski definition) is 4. The highest BCUT2D eigenvalue weighted by molar-refractivity contribution is 9.10. The van der Waals surface area contributed by atoms with E-state index in [2.05, 4.69) is 43.6 Å². The van der Waals surface area contributed by atoms with Crippen LogP contribution in [0.2, 0.25) is 0 Å². The molecule has 2 N–H and O–H groups in total. The van der Waals surface area contributed by atoms with Gasteiger partial charge in [-0.2, -0.15) is 0 Å². The van der Waals surface area contributed by atoms with Crippen LogP contribution in [-0.4, -0.2) is 56.5 Å². The van der Waals surface area contributed by atoms with Gasteiger partial charge in [-0.25, -0.2) is 0 Å². The molecule has 1 aliphatic heterocycles. The van der Waals surface area contributed by atoms with Gasteiger partial charge in [0.2, 0.25) is 11.8 Å². The summed E-state index contributed by atoms with van der Waals surface area (Å²) in [6.45, 7) is 4.84. The Bertz CT molecular complexity index is 970. The normalized spacial score (nSPS) is 27.9. The van der Waals surface area contributed by atoms with Crippen LogP contribution < -0.4 is 15.4 Å². The summed E-state index contributed by atoms with van der Waals surface area (Å²) in [4.78, 5) is 29.2. The maximum Gasteiger partial charge on any atom is 0.224 e. The van der Waals surface area contributed by atoms with Crippen molar-refractivity contribution in [2.45, 2.75) is 44.9 Å². The second kappa shape index (κ2) is 10.6. The van der Waals surface area contributed by atoms with Crippen molar-refractivity contribution in [3.05, 3.63) is 40.4 Å². The molecule has 1 aromatic carbocycles. The Balaban J connectivity index is 1.14. The average molecular weight is 545 g/mol. The molecule has 35 heavy (non-hydrogen) atoms. The number of nitrogens with zero attached hydrogens (tertiary/aromatic N) is 1. The lowest BCUT2D eigenvalue weighted by atomic mass is 9.81. The van der Waals surface area contributed by atoms with E-state index >= 15 is 0 Å². The van der Waals surface area contributed by atoms with Crippen molar-refractivity contribution in [3.63, 3.8) is 0 Å². The minimum atomic E-state index is -0.250. The van der Waals surface area contributed by atoms with Gasteiger partial charge in [-0.05, 0) is 115 Å². The molecule has 1 aromatic rings.